The van der Waals surface area contributed by atoms with Crippen molar-refractivity contribution < 1.29 is 4.79 Å². The molecule has 1 amide bonds. The molecule has 2 heterocycles. The van der Waals surface area contributed by atoms with Gasteiger partial charge < -0.3 is 14.6 Å². The summed E-state index contributed by atoms with van der Waals surface area (Å²) in [6.45, 7) is 0. The van der Waals surface area contributed by atoms with Crippen LogP contribution in [-0.2, 0) is 0 Å². The number of rotatable bonds is 3. The Kier molecular flexibility index (Phi) is 4.02. The van der Waals surface area contributed by atoms with Crippen molar-refractivity contribution in [2.24, 2.45) is 0 Å². The summed E-state index contributed by atoms with van der Waals surface area (Å²) in [6, 6.07) is 11.4. The molecule has 0 fully saturated rings. The fourth-order valence-electron chi connectivity index (χ4n) is 2.12. The highest BCUT2D eigenvalue weighted by Crippen LogP contribution is 2.15. The Bertz CT molecular complexity index is 824. The van der Waals surface area contributed by atoms with Crippen molar-refractivity contribution in [3.8, 4) is 0 Å². The number of carbonyl (C=O) groups is 1. The van der Waals surface area contributed by atoms with Crippen LogP contribution in [-0.4, -0.2) is 29.4 Å². The Hall–Kier alpha value is -2.09. The Balaban J connectivity index is 1.80. The van der Waals surface area contributed by atoms with Crippen LogP contribution >= 0.6 is 22.6 Å². The second kappa shape index (κ2) is 5.96. The molecule has 0 saturated carbocycles. The van der Waals surface area contributed by atoms with Gasteiger partial charge in [-0.05, 0) is 59.0 Å². The molecule has 1 aromatic carbocycles. The molecule has 0 aliphatic rings. The van der Waals surface area contributed by atoms with Crippen molar-refractivity contribution in [1.29, 1.82) is 0 Å². The van der Waals surface area contributed by atoms with Crippen molar-refractivity contribution in [1.82, 2.24) is 9.38 Å². The van der Waals surface area contributed by atoms with Crippen LogP contribution in [0.5, 0.6) is 0 Å². The lowest BCUT2D eigenvalue weighted by Crippen LogP contribution is -2.13. The first-order chi connectivity index (χ1) is 10.5. The molecule has 3 aromatic rings. The fraction of sp³-hybridized carbons (Fsp3) is 0.125. The SMILES string of the molecule is CN(C)c1ccc(C(=O)Nc2cn3cc(I)ccc3n2)cc1. The zero-order chi connectivity index (χ0) is 15.7. The number of halogens is 1. The average molecular weight is 406 g/mol. The van der Waals surface area contributed by atoms with Crippen LogP contribution in [0, 0.1) is 3.57 Å². The van der Waals surface area contributed by atoms with Crippen molar-refractivity contribution in [3.63, 3.8) is 0 Å². The quantitative estimate of drug-likeness (QED) is 0.680. The third-order valence-corrected chi connectivity index (χ3v) is 3.94. The summed E-state index contributed by atoms with van der Waals surface area (Å²) in [4.78, 5) is 18.6. The lowest BCUT2D eigenvalue weighted by atomic mass is 10.2. The Morgan fingerprint density at radius 3 is 2.55 bits per heavy atom. The zero-order valence-corrected chi connectivity index (χ0v) is 14.4. The molecule has 0 bridgehead atoms. The van der Waals surface area contributed by atoms with Crippen molar-refractivity contribution in [2.75, 3.05) is 24.3 Å². The molecule has 0 saturated heterocycles. The van der Waals surface area contributed by atoms with E-state index in [2.05, 4.69) is 32.9 Å². The molecule has 1 N–H and O–H groups in total. The molecular formula is C16H15IN4O. The van der Waals surface area contributed by atoms with Crippen LogP contribution in [0.4, 0.5) is 11.5 Å². The standard InChI is InChI=1S/C16H15IN4O/c1-20(2)13-6-3-11(4-7-13)16(22)19-14-10-21-9-12(17)5-8-15(21)18-14/h3-10H,1-2H3,(H,19,22). The Morgan fingerprint density at radius 2 is 1.86 bits per heavy atom. The second-order valence-corrected chi connectivity index (χ2v) is 6.38. The number of carbonyl (C=O) groups excluding carboxylic acids is 1. The summed E-state index contributed by atoms with van der Waals surface area (Å²) in [5.41, 5.74) is 2.47. The van der Waals surface area contributed by atoms with E-state index in [4.69, 9.17) is 0 Å². The van der Waals surface area contributed by atoms with Gasteiger partial charge in [-0.25, -0.2) is 4.98 Å². The van der Waals surface area contributed by atoms with Gasteiger partial charge in [0.2, 0.25) is 0 Å². The molecular weight excluding hydrogens is 391 g/mol. The Morgan fingerprint density at radius 1 is 1.14 bits per heavy atom. The first-order valence-electron chi connectivity index (χ1n) is 6.76. The monoisotopic (exact) mass is 406 g/mol. The summed E-state index contributed by atoms with van der Waals surface area (Å²) >= 11 is 2.24. The van der Waals surface area contributed by atoms with Crippen molar-refractivity contribution in [2.45, 2.75) is 0 Å². The van der Waals surface area contributed by atoms with E-state index in [9.17, 15) is 4.79 Å². The number of anilines is 2. The lowest BCUT2D eigenvalue weighted by molar-refractivity contribution is 0.102. The van der Waals surface area contributed by atoms with E-state index in [-0.39, 0.29) is 5.91 Å². The average Bonchev–Trinajstić information content (AvgIpc) is 2.88. The number of fused-ring (bicyclic) bond motifs is 1. The summed E-state index contributed by atoms with van der Waals surface area (Å²) in [5.74, 6) is 0.382. The maximum absolute atomic E-state index is 12.3. The minimum absolute atomic E-state index is 0.164. The van der Waals surface area contributed by atoms with E-state index >= 15 is 0 Å². The van der Waals surface area contributed by atoms with Crippen LogP contribution in [0.25, 0.3) is 5.65 Å². The van der Waals surface area contributed by atoms with Gasteiger partial charge in [0.15, 0.2) is 5.82 Å². The topological polar surface area (TPSA) is 49.6 Å². The lowest BCUT2D eigenvalue weighted by Gasteiger charge is -2.12. The summed E-state index contributed by atoms with van der Waals surface area (Å²) in [5, 5.41) is 2.83. The van der Waals surface area contributed by atoms with Gasteiger partial charge in [0, 0.05) is 35.1 Å². The van der Waals surface area contributed by atoms with E-state index < -0.39 is 0 Å². The smallest absolute Gasteiger partial charge is 0.256 e. The number of aromatic nitrogens is 2. The molecule has 0 unspecified atom stereocenters. The number of amides is 1. The number of hydrogen-bond acceptors (Lipinski definition) is 3. The molecule has 2 aromatic heterocycles. The van der Waals surface area contributed by atoms with Gasteiger partial charge >= 0.3 is 0 Å². The van der Waals surface area contributed by atoms with Gasteiger partial charge in [-0.1, -0.05) is 0 Å². The number of pyridine rings is 1. The number of nitrogens with one attached hydrogen (secondary N) is 1. The Labute approximate surface area is 142 Å². The zero-order valence-electron chi connectivity index (χ0n) is 12.2. The summed E-state index contributed by atoms with van der Waals surface area (Å²) in [6.07, 6.45) is 3.77. The predicted molar refractivity (Wildman–Crippen MR) is 96.6 cm³/mol. The number of imidazole rings is 1. The predicted octanol–water partition coefficient (Wildman–Crippen LogP) is 3.26. The van der Waals surface area contributed by atoms with Crippen molar-refractivity contribution in [3.05, 3.63) is 57.9 Å². The summed E-state index contributed by atoms with van der Waals surface area (Å²) < 4.78 is 3.01. The highest BCUT2D eigenvalue weighted by atomic mass is 127. The van der Waals surface area contributed by atoms with Crippen LogP contribution in [0.2, 0.25) is 0 Å². The summed E-state index contributed by atoms with van der Waals surface area (Å²) in [7, 11) is 3.93. The molecule has 112 valence electrons. The molecule has 0 atom stereocenters. The van der Waals surface area contributed by atoms with Crippen LogP contribution < -0.4 is 10.2 Å². The largest absolute Gasteiger partial charge is 0.378 e. The molecule has 0 aliphatic heterocycles. The number of nitrogens with zero attached hydrogens (tertiary/aromatic N) is 3. The van der Waals surface area contributed by atoms with E-state index in [1.807, 2.05) is 72.2 Å². The molecule has 0 aliphatic carbocycles. The number of hydrogen-bond donors (Lipinski definition) is 1. The maximum atomic E-state index is 12.3. The highest BCUT2D eigenvalue weighted by Gasteiger charge is 2.09. The normalized spacial score (nSPS) is 10.7. The molecule has 0 spiro atoms. The third-order valence-electron chi connectivity index (χ3n) is 3.30. The first kappa shape index (κ1) is 14.8. The van der Waals surface area contributed by atoms with Gasteiger partial charge in [0.1, 0.15) is 5.65 Å². The third kappa shape index (κ3) is 3.06. The van der Waals surface area contributed by atoms with Gasteiger partial charge in [-0.3, -0.25) is 4.79 Å². The van der Waals surface area contributed by atoms with E-state index in [1.165, 1.54) is 0 Å². The molecule has 3 rings (SSSR count). The molecule has 6 heteroatoms. The molecule has 22 heavy (non-hydrogen) atoms. The van der Waals surface area contributed by atoms with E-state index in [1.54, 1.807) is 0 Å². The maximum Gasteiger partial charge on any atom is 0.256 e. The van der Waals surface area contributed by atoms with Crippen LogP contribution in [0.15, 0.2) is 48.8 Å². The van der Waals surface area contributed by atoms with Gasteiger partial charge in [-0.2, -0.15) is 0 Å². The van der Waals surface area contributed by atoms with Crippen molar-refractivity contribution >= 4 is 45.7 Å². The fourth-order valence-corrected chi connectivity index (χ4v) is 2.60. The second-order valence-electron chi connectivity index (χ2n) is 5.13. The molecule has 0 radical (unpaired) electrons. The van der Waals surface area contributed by atoms with Crippen LogP contribution in [0.3, 0.4) is 0 Å². The van der Waals surface area contributed by atoms with Gasteiger partial charge in [0.05, 0.1) is 6.20 Å². The van der Waals surface area contributed by atoms with E-state index in [0.29, 0.717) is 11.4 Å². The molecule has 5 nitrogen and oxygen atoms in total. The first-order valence-corrected chi connectivity index (χ1v) is 7.84. The van der Waals surface area contributed by atoms with Crippen LogP contribution in [0.1, 0.15) is 10.4 Å². The number of benzene rings is 1. The minimum Gasteiger partial charge on any atom is -0.378 e. The highest BCUT2D eigenvalue weighted by molar-refractivity contribution is 14.1. The minimum atomic E-state index is -0.164. The van der Waals surface area contributed by atoms with Gasteiger partial charge in [-0.15, -0.1) is 0 Å². The van der Waals surface area contributed by atoms with E-state index in [0.717, 1.165) is 14.9 Å². The van der Waals surface area contributed by atoms with Gasteiger partial charge in [0.25, 0.3) is 5.91 Å².